The van der Waals surface area contributed by atoms with Gasteiger partial charge in [0.2, 0.25) is 15.9 Å². The number of hydrogen-bond acceptors (Lipinski definition) is 6. The van der Waals surface area contributed by atoms with Gasteiger partial charge in [-0.05, 0) is 44.0 Å². The summed E-state index contributed by atoms with van der Waals surface area (Å²) < 4.78 is 38.1. The van der Waals surface area contributed by atoms with Gasteiger partial charge >= 0.3 is 0 Å². The minimum absolute atomic E-state index is 0.0860. The third-order valence-electron chi connectivity index (χ3n) is 5.59. The van der Waals surface area contributed by atoms with Crippen molar-refractivity contribution >= 4 is 21.6 Å². The molecule has 0 radical (unpaired) electrons. The van der Waals surface area contributed by atoms with E-state index in [1.54, 1.807) is 39.0 Å². The maximum atomic E-state index is 13.2. The van der Waals surface area contributed by atoms with E-state index in [-0.39, 0.29) is 29.7 Å². The molecule has 0 saturated carbocycles. The zero-order valence-electron chi connectivity index (χ0n) is 15.6. The van der Waals surface area contributed by atoms with Crippen molar-refractivity contribution in [2.24, 2.45) is 0 Å². The molecule has 9 heteroatoms. The molecule has 1 amide bonds. The summed E-state index contributed by atoms with van der Waals surface area (Å²) in [6.45, 7) is 3.52. The predicted octanol–water partition coefficient (Wildman–Crippen LogP) is 1.61. The molecule has 1 atom stereocenters. The average molecular weight is 391 g/mol. The number of likely N-dealkylation sites (N-methyl/N-ethyl adjacent to an activating group) is 1. The fourth-order valence-corrected chi connectivity index (χ4v) is 6.00. The third kappa shape index (κ3) is 2.34. The monoisotopic (exact) mass is 391 g/mol. The number of aryl methyl sites for hydroxylation is 2. The second-order valence-electron chi connectivity index (χ2n) is 7.07. The minimum Gasteiger partial charge on any atom is -0.497 e. The number of ether oxygens (including phenoxy) is 1. The van der Waals surface area contributed by atoms with Crippen LogP contribution in [-0.4, -0.2) is 51.0 Å². The van der Waals surface area contributed by atoms with Crippen molar-refractivity contribution in [3.05, 3.63) is 35.2 Å². The van der Waals surface area contributed by atoms with Crippen LogP contribution in [0.1, 0.15) is 23.4 Å². The van der Waals surface area contributed by atoms with Crippen molar-refractivity contribution in [1.82, 2.24) is 9.46 Å². The van der Waals surface area contributed by atoms with E-state index in [1.165, 1.54) is 4.31 Å². The van der Waals surface area contributed by atoms with Crippen LogP contribution in [0.3, 0.4) is 0 Å². The number of rotatable bonds is 3. The molecule has 1 aromatic carbocycles. The molecule has 4 rings (SSSR count). The Labute approximate surface area is 157 Å². The van der Waals surface area contributed by atoms with Gasteiger partial charge in [0, 0.05) is 25.8 Å². The van der Waals surface area contributed by atoms with E-state index in [0.717, 1.165) is 11.3 Å². The Morgan fingerprint density at radius 2 is 2.04 bits per heavy atom. The standard InChI is InChI=1S/C18H21N3O5S/c1-11-16(12(2)26-19-11)27(23,24)21-8-7-18(10-21)14-9-13(25-4)5-6-15(14)20(3)17(18)22/h5-6,9H,7-8,10H2,1-4H3. The summed E-state index contributed by atoms with van der Waals surface area (Å²) >= 11 is 0. The van der Waals surface area contributed by atoms with Gasteiger partial charge in [-0.2, -0.15) is 4.31 Å². The minimum atomic E-state index is -3.80. The predicted molar refractivity (Wildman–Crippen MR) is 97.4 cm³/mol. The van der Waals surface area contributed by atoms with E-state index in [0.29, 0.717) is 17.9 Å². The topological polar surface area (TPSA) is 93.0 Å². The molecule has 27 heavy (non-hydrogen) atoms. The van der Waals surface area contributed by atoms with E-state index in [9.17, 15) is 13.2 Å². The first-order valence-corrected chi connectivity index (χ1v) is 10.1. The van der Waals surface area contributed by atoms with Crippen LogP contribution in [0.15, 0.2) is 27.6 Å². The molecule has 1 saturated heterocycles. The Kier molecular flexibility index (Phi) is 3.87. The lowest BCUT2D eigenvalue weighted by atomic mass is 9.81. The van der Waals surface area contributed by atoms with Gasteiger partial charge in [0.1, 0.15) is 16.3 Å². The highest BCUT2D eigenvalue weighted by Gasteiger charge is 2.56. The molecule has 0 N–H and O–H groups in total. The lowest BCUT2D eigenvalue weighted by molar-refractivity contribution is -0.122. The molecule has 1 fully saturated rings. The number of amides is 1. The largest absolute Gasteiger partial charge is 0.497 e. The number of anilines is 1. The molecule has 2 aliphatic rings. The number of sulfonamides is 1. The molecule has 0 aliphatic carbocycles. The van der Waals surface area contributed by atoms with Crippen LogP contribution in [0.25, 0.3) is 0 Å². The number of carbonyl (C=O) groups is 1. The van der Waals surface area contributed by atoms with E-state index >= 15 is 0 Å². The van der Waals surface area contributed by atoms with Gasteiger partial charge in [-0.15, -0.1) is 0 Å². The number of nitrogens with zero attached hydrogens (tertiary/aromatic N) is 3. The van der Waals surface area contributed by atoms with Crippen molar-refractivity contribution in [1.29, 1.82) is 0 Å². The zero-order valence-corrected chi connectivity index (χ0v) is 16.5. The maximum absolute atomic E-state index is 13.2. The normalized spacial score (nSPS) is 22.7. The first-order chi connectivity index (χ1) is 12.7. The van der Waals surface area contributed by atoms with Gasteiger partial charge in [-0.1, -0.05) is 5.16 Å². The summed E-state index contributed by atoms with van der Waals surface area (Å²) in [5.74, 6) is 0.802. The molecule has 0 bridgehead atoms. The van der Waals surface area contributed by atoms with E-state index in [1.807, 2.05) is 12.1 Å². The van der Waals surface area contributed by atoms with Crippen LogP contribution >= 0.6 is 0 Å². The van der Waals surface area contributed by atoms with Gasteiger partial charge in [0.25, 0.3) is 0 Å². The number of benzene rings is 1. The number of hydrogen-bond donors (Lipinski definition) is 0. The molecule has 8 nitrogen and oxygen atoms in total. The highest BCUT2D eigenvalue weighted by atomic mass is 32.2. The molecule has 144 valence electrons. The summed E-state index contributed by atoms with van der Waals surface area (Å²) in [4.78, 5) is 14.8. The second-order valence-corrected chi connectivity index (χ2v) is 8.95. The van der Waals surface area contributed by atoms with Crippen LogP contribution in [0.2, 0.25) is 0 Å². The fourth-order valence-electron chi connectivity index (χ4n) is 4.21. The zero-order chi connectivity index (χ0) is 19.6. The van der Waals surface area contributed by atoms with Gasteiger partial charge < -0.3 is 14.2 Å². The van der Waals surface area contributed by atoms with Crippen molar-refractivity contribution < 1.29 is 22.5 Å². The summed E-state index contributed by atoms with van der Waals surface area (Å²) in [5, 5.41) is 3.76. The Morgan fingerprint density at radius 1 is 1.30 bits per heavy atom. The fraction of sp³-hybridized carbons (Fsp3) is 0.444. The average Bonchev–Trinajstić information content (AvgIpc) is 3.29. The molecule has 3 heterocycles. The maximum Gasteiger partial charge on any atom is 0.248 e. The molecule has 2 aliphatic heterocycles. The van der Waals surface area contributed by atoms with Crippen molar-refractivity contribution in [3.63, 3.8) is 0 Å². The highest BCUT2D eigenvalue weighted by molar-refractivity contribution is 7.89. The van der Waals surface area contributed by atoms with Crippen molar-refractivity contribution in [2.75, 3.05) is 32.1 Å². The molecule has 1 spiro atoms. The number of fused-ring (bicyclic) bond motifs is 2. The Balaban J connectivity index is 1.78. The van der Waals surface area contributed by atoms with Crippen LogP contribution in [0.5, 0.6) is 5.75 Å². The Morgan fingerprint density at radius 3 is 2.67 bits per heavy atom. The number of methoxy groups -OCH3 is 1. The first kappa shape index (κ1) is 18.0. The van der Waals surface area contributed by atoms with Crippen LogP contribution in [0.4, 0.5) is 5.69 Å². The molecule has 1 aromatic heterocycles. The quantitative estimate of drug-likeness (QED) is 0.789. The highest BCUT2D eigenvalue weighted by Crippen LogP contribution is 2.49. The van der Waals surface area contributed by atoms with Crippen LogP contribution < -0.4 is 9.64 Å². The van der Waals surface area contributed by atoms with Gasteiger partial charge in [0.05, 0.1) is 12.5 Å². The molecule has 1 unspecified atom stereocenters. The summed E-state index contributed by atoms with van der Waals surface area (Å²) in [6, 6.07) is 5.48. The number of carbonyl (C=O) groups excluding carboxylic acids is 1. The van der Waals surface area contributed by atoms with E-state index in [2.05, 4.69) is 5.16 Å². The van der Waals surface area contributed by atoms with Gasteiger partial charge in [-0.3, -0.25) is 4.79 Å². The summed E-state index contributed by atoms with van der Waals surface area (Å²) in [7, 11) is -0.521. The van der Waals surface area contributed by atoms with Gasteiger partial charge in [-0.25, -0.2) is 8.42 Å². The summed E-state index contributed by atoms with van der Waals surface area (Å²) in [5.41, 5.74) is 1.03. The molecular formula is C18H21N3O5S. The summed E-state index contributed by atoms with van der Waals surface area (Å²) in [6.07, 6.45) is 0.416. The van der Waals surface area contributed by atoms with E-state index < -0.39 is 15.4 Å². The Bertz CT molecular complexity index is 1030. The lowest BCUT2D eigenvalue weighted by Gasteiger charge is -2.23. The van der Waals surface area contributed by atoms with Crippen LogP contribution in [0, 0.1) is 13.8 Å². The van der Waals surface area contributed by atoms with Crippen LogP contribution in [-0.2, 0) is 20.2 Å². The SMILES string of the molecule is COc1ccc2c(c1)C1(CCN(S(=O)(=O)c3c(C)noc3C)C1)C(=O)N2C. The lowest BCUT2D eigenvalue weighted by Crippen LogP contribution is -2.42. The molecule has 2 aromatic rings. The Hall–Kier alpha value is -2.39. The number of aromatic nitrogens is 1. The molecular weight excluding hydrogens is 370 g/mol. The first-order valence-electron chi connectivity index (χ1n) is 8.62. The third-order valence-corrected chi connectivity index (χ3v) is 7.68. The van der Waals surface area contributed by atoms with Crippen molar-refractivity contribution in [2.45, 2.75) is 30.6 Å². The second kappa shape index (κ2) is 5.80. The van der Waals surface area contributed by atoms with Gasteiger partial charge in [0.15, 0.2) is 5.76 Å². The smallest absolute Gasteiger partial charge is 0.248 e. The van der Waals surface area contributed by atoms with E-state index in [4.69, 9.17) is 9.26 Å². The van der Waals surface area contributed by atoms with Crippen molar-refractivity contribution in [3.8, 4) is 5.75 Å².